The molecular weight excluding hydrogens is 440 g/mol. The van der Waals surface area contributed by atoms with Crippen molar-refractivity contribution in [3.05, 3.63) is 53.7 Å². The Kier molecular flexibility index (Phi) is 5.42. The molecule has 1 aromatic carbocycles. The topological polar surface area (TPSA) is 90.4 Å². The van der Waals surface area contributed by atoms with Crippen LogP contribution >= 0.6 is 0 Å². The molecule has 0 bridgehead atoms. The van der Waals surface area contributed by atoms with Gasteiger partial charge in [-0.25, -0.2) is 9.97 Å². The van der Waals surface area contributed by atoms with E-state index in [0.717, 1.165) is 65.2 Å². The fourth-order valence-electron chi connectivity index (χ4n) is 5.40. The summed E-state index contributed by atoms with van der Waals surface area (Å²) in [6, 6.07) is 12.8. The molecular formula is C27H30N6O2. The molecule has 0 amide bonds. The molecule has 0 aliphatic carbocycles. The van der Waals surface area contributed by atoms with Crippen molar-refractivity contribution < 1.29 is 9.84 Å². The predicted octanol–water partition coefficient (Wildman–Crippen LogP) is 4.26. The summed E-state index contributed by atoms with van der Waals surface area (Å²) < 4.78 is 5.69. The first kappa shape index (κ1) is 22.0. The fourth-order valence-corrected chi connectivity index (χ4v) is 5.40. The van der Waals surface area contributed by atoms with Gasteiger partial charge in [0.25, 0.3) is 0 Å². The summed E-state index contributed by atoms with van der Waals surface area (Å²) in [5.74, 6) is 1.62. The molecule has 2 atom stereocenters. The van der Waals surface area contributed by atoms with Crippen LogP contribution < -0.4 is 9.64 Å². The third kappa shape index (κ3) is 3.73. The van der Waals surface area contributed by atoms with E-state index in [1.807, 2.05) is 30.5 Å². The lowest BCUT2D eigenvalue weighted by atomic mass is 9.99. The van der Waals surface area contributed by atoms with E-state index in [0.29, 0.717) is 18.5 Å². The first-order valence-electron chi connectivity index (χ1n) is 12.2. The van der Waals surface area contributed by atoms with Crippen molar-refractivity contribution in [2.24, 2.45) is 0 Å². The highest BCUT2D eigenvalue weighted by Crippen LogP contribution is 2.36. The number of H-pyrrole nitrogens is 1. The Morgan fingerprint density at radius 3 is 2.77 bits per heavy atom. The molecule has 2 N–H and O–H groups in total. The molecule has 0 saturated carbocycles. The van der Waals surface area contributed by atoms with Gasteiger partial charge in [0.2, 0.25) is 0 Å². The molecule has 0 unspecified atom stereocenters. The average Bonchev–Trinajstić information content (AvgIpc) is 3.47. The van der Waals surface area contributed by atoms with Gasteiger partial charge in [-0.2, -0.15) is 5.10 Å². The number of methoxy groups -OCH3 is 1. The number of benzene rings is 1. The molecule has 2 fully saturated rings. The second-order valence-electron chi connectivity index (χ2n) is 9.58. The lowest BCUT2D eigenvalue weighted by Gasteiger charge is -2.39. The van der Waals surface area contributed by atoms with Gasteiger partial charge in [0.05, 0.1) is 19.3 Å². The Balaban J connectivity index is 1.34. The van der Waals surface area contributed by atoms with Gasteiger partial charge in [0.1, 0.15) is 34.7 Å². The summed E-state index contributed by atoms with van der Waals surface area (Å²) in [4.78, 5) is 14.2. The molecule has 180 valence electrons. The van der Waals surface area contributed by atoms with Crippen LogP contribution in [0.1, 0.15) is 30.4 Å². The second-order valence-corrected chi connectivity index (χ2v) is 9.58. The van der Waals surface area contributed by atoms with E-state index in [1.54, 1.807) is 7.11 Å². The summed E-state index contributed by atoms with van der Waals surface area (Å²) in [6.45, 7) is 5.88. The normalized spacial score (nSPS) is 20.4. The van der Waals surface area contributed by atoms with Crippen molar-refractivity contribution >= 4 is 16.9 Å². The Hall–Kier alpha value is -3.49. The largest absolute Gasteiger partial charge is 0.494 e. The number of pyridine rings is 2. The second kappa shape index (κ2) is 8.62. The van der Waals surface area contributed by atoms with Crippen LogP contribution in [0.3, 0.4) is 0 Å². The number of ether oxygens (including phenoxy) is 1. The standard InChI is InChI=1S/C27H30N6O2/c1-16-5-4-6-20(17(16)2)26-22(35-3)13-21-27(29-26)25(31-30-21)18-7-9-23(28-14-18)32-12-11-19-8-10-24(34)33(19)15-32/h4-7,9,13-14,19,24,34H,8,10-12,15H2,1-3H3,(H,30,31)/t19-,24+/m0/s1. The quantitative estimate of drug-likeness (QED) is 0.460. The fraction of sp³-hybridized carbons (Fsp3) is 0.370. The van der Waals surface area contributed by atoms with Gasteiger partial charge < -0.3 is 14.7 Å². The molecule has 3 aromatic heterocycles. The van der Waals surface area contributed by atoms with Gasteiger partial charge in [-0.15, -0.1) is 0 Å². The van der Waals surface area contributed by atoms with Crippen LogP contribution in [-0.2, 0) is 0 Å². The molecule has 8 heteroatoms. The third-order valence-corrected chi connectivity index (χ3v) is 7.60. The first-order valence-corrected chi connectivity index (χ1v) is 12.2. The average molecular weight is 471 g/mol. The number of hydrogen-bond donors (Lipinski definition) is 2. The monoisotopic (exact) mass is 470 g/mol. The lowest BCUT2D eigenvalue weighted by molar-refractivity contribution is 0.00698. The molecule has 5 heterocycles. The van der Waals surface area contributed by atoms with E-state index in [9.17, 15) is 5.11 Å². The number of aryl methyl sites for hydroxylation is 1. The first-order chi connectivity index (χ1) is 17.0. The molecule has 0 radical (unpaired) electrons. The molecule has 2 saturated heterocycles. The molecule has 6 rings (SSSR count). The maximum Gasteiger partial charge on any atom is 0.147 e. The maximum absolute atomic E-state index is 10.3. The lowest BCUT2D eigenvalue weighted by Crippen LogP contribution is -2.50. The molecule has 0 spiro atoms. The summed E-state index contributed by atoms with van der Waals surface area (Å²) in [5.41, 5.74) is 7.53. The molecule has 4 aromatic rings. The van der Waals surface area contributed by atoms with Crippen LogP contribution in [0.15, 0.2) is 42.6 Å². The minimum absolute atomic E-state index is 0.341. The molecule has 8 nitrogen and oxygen atoms in total. The van der Waals surface area contributed by atoms with Crippen molar-refractivity contribution in [1.29, 1.82) is 0 Å². The smallest absolute Gasteiger partial charge is 0.147 e. The number of anilines is 1. The highest BCUT2D eigenvalue weighted by molar-refractivity contribution is 5.93. The maximum atomic E-state index is 10.3. The van der Waals surface area contributed by atoms with Crippen LogP contribution in [0, 0.1) is 13.8 Å². The van der Waals surface area contributed by atoms with Crippen molar-refractivity contribution in [3.8, 4) is 28.3 Å². The predicted molar refractivity (Wildman–Crippen MR) is 136 cm³/mol. The van der Waals surface area contributed by atoms with Crippen molar-refractivity contribution in [3.63, 3.8) is 0 Å². The number of aliphatic hydroxyl groups excluding tert-OH is 1. The molecule has 2 aliphatic rings. The van der Waals surface area contributed by atoms with Crippen LogP contribution in [0.2, 0.25) is 0 Å². The number of nitrogens with one attached hydrogen (secondary N) is 1. The number of fused-ring (bicyclic) bond motifs is 2. The highest BCUT2D eigenvalue weighted by atomic mass is 16.5. The zero-order chi connectivity index (χ0) is 24.1. The van der Waals surface area contributed by atoms with Crippen molar-refractivity contribution in [2.75, 3.05) is 25.2 Å². The number of nitrogens with zero attached hydrogens (tertiary/aromatic N) is 5. The van der Waals surface area contributed by atoms with E-state index in [1.165, 1.54) is 11.1 Å². The van der Waals surface area contributed by atoms with Gasteiger partial charge in [0.15, 0.2) is 0 Å². The Morgan fingerprint density at radius 2 is 1.97 bits per heavy atom. The minimum atomic E-state index is -0.341. The van der Waals surface area contributed by atoms with E-state index in [4.69, 9.17) is 14.7 Å². The number of hydrogen-bond acceptors (Lipinski definition) is 7. The summed E-state index contributed by atoms with van der Waals surface area (Å²) in [5, 5.41) is 18.0. The van der Waals surface area contributed by atoms with Crippen molar-refractivity contribution in [1.82, 2.24) is 25.1 Å². The summed E-state index contributed by atoms with van der Waals surface area (Å²) in [7, 11) is 1.67. The van der Waals surface area contributed by atoms with Gasteiger partial charge in [-0.05, 0) is 56.4 Å². The number of aromatic nitrogens is 4. The van der Waals surface area contributed by atoms with Gasteiger partial charge in [0, 0.05) is 36.0 Å². The number of aromatic amines is 1. The zero-order valence-corrected chi connectivity index (χ0v) is 20.3. The van der Waals surface area contributed by atoms with Crippen molar-refractivity contribution in [2.45, 2.75) is 45.4 Å². The van der Waals surface area contributed by atoms with E-state index >= 15 is 0 Å². The van der Waals surface area contributed by atoms with Crippen LogP contribution in [0.5, 0.6) is 5.75 Å². The molecule has 2 aliphatic heterocycles. The Labute approximate surface area is 204 Å². The number of rotatable bonds is 4. The summed E-state index contributed by atoms with van der Waals surface area (Å²) >= 11 is 0. The SMILES string of the molecule is COc1cc2[nH]nc(-c3ccc(N4CC[C@@H]5CC[C@@H](O)N5C4)nc3)c2nc1-c1cccc(C)c1C. The van der Waals surface area contributed by atoms with Gasteiger partial charge in [-0.3, -0.25) is 10.00 Å². The number of aliphatic hydroxyl groups is 1. The van der Waals surface area contributed by atoms with Crippen LogP contribution in [0.25, 0.3) is 33.5 Å². The molecule has 35 heavy (non-hydrogen) atoms. The zero-order valence-electron chi connectivity index (χ0n) is 20.3. The summed E-state index contributed by atoms with van der Waals surface area (Å²) in [6.07, 6.45) is 4.51. The van der Waals surface area contributed by atoms with E-state index < -0.39 is 0 Å². The highest BCUT2D eigenvalue weighted by Gasteiger charge is 2.36. The van der Waals surface area contributed by atoms with E-state index in [-0.39, 0.29) is 6.23 Å². The third-order valence-electron chi connectivity index (χ3n) is 7.60. The Morgan fingerprint density at radius 1 is 1.09 bits per heavy atom. The van der Waals surface area contributed by atoms with Gasteiger partial charge in [-0.1, -0.05) is 18.2 Å². The minimum Gasteiger partial charge on any atom is -0.494 e. The Bertz CT molecular complexity index is 1380. The van der Waals surface area contributed by atoms with Crippen LogP contribution in [-0.4, -0.2) is 62.8 Å². The van der Waals surface area contributed by atoms with Crippen LogP contribution in [0.4, 0.5) is 5.82 Å². The van der Waals surface area contributed by atoms with Gasteiger partial charge >= 0.3 is 0 Å². The van der Waals surface area contributed by atoms with E-state index in [2.05, 4.69) is 46.0 Å².